The maximum absolute atomic E-state index is 3.62. The molecule has 0 radical (unpaired) electrons. The molecule has 1 saturated carbocycles. The van der Waals surface area contributed by atoms with E-state index in [2.05, 4.69) is 26.1 Å². The molecule has 0 aromatic rings. The first kappa shape index (κ1) is 10.0. The first-order valence-electron chi connectivity index (χ1n) is 5.47. The van der Waals surface area contributed by atoms with Crippen molar-refractivity contribution in [2.75, 3.05) is 6.54 Å². The molecule has 2 unspecified atom stereocenters. The SMILES string of the molecule is CCCNC1CCC(C(C)C)C1. The predicted octanol–water partition coefficient (Wildman–Crippen LogP) is 2.81. The maximum atomic E-state index is 3.62. The Balaban J connectivity index is 2.17. The van der Waals surface area contributed by atoms with Crippen molar-refractivity contribution >= 4 is 0 Å². The fraction of sp³-hybridized carbons (Fsp3) is 1.00. The van der Waals surface area contributed by atoms with Gasteiger partial charge in [0, 0.05) is 6.04 Å². The van der Waals surface area contributed by atoms with E-state index in [1.807, 2.05) is 0 Å². The van der Waals surface area contributed by atoms with Gasteiger partial charge in [-0.25, -0.2) is 0 Å². The van der Waals surface area contributed by atoms with E-state index in [1.165, 1.54) is 32.2 Å². The van der Waals surface area contributed by atoms with Gasteiger partial charge < -0.3 is 5.32 Å². The lowest BCUT2D eigenvalue weighted by Gasteiger charge is -2.15. The summed E-state index contributed by atoms with van der Waals surface area (Å²) in [5.41, 5.74) is 0. The van der Waals surface area contributed by atoms with Gasteiger partial charge >= 0.3 is 0 Å². The first-order valence-corrected chi connectivity index (χ1v) is 5.47. The van der Waals surface area contributed by atoms with Crippen LogP contribution in [-0.4, -0.2) is 12.6 Å². The Morgan fingerprint density at radius 2 is 2.08 bits per heavy atom. The third kappa shape index (κ3) is 2.78. The fourth-order valence-electron chi connectivity index (χ4n) is 2.16. The fourth-order valence-corrected chi connectivity index (χ4v) is 2.16. The van der Waals surface area contributed by atoms with E-state index in [-0.39, 0.29) is 0 Å². The second-order valence-corrected chi connectivity index (χ2v) is 4.47. The molecule has 0 spiro atoms. The zero-order valence-corrected chi connectivity index (χ0v) is 8.77. The molecule has 1 aliphatic rings. The van der Waals surface area contributed by atoms with Crippen molar-refractivity contribution in [3.8, 4) is 0 Å². The van der Waals surface area contributed by atoms with E-state index in [4.69, 9.17) is 0 Å². The highest BCUT2D eigenvalue weighted by atomic mass is 14.9. The van der Waals surface area contributed by atoms with Gasteiger partial charge in [0.05, 0.1) is 0 Å². The summed E-state index contributed by atoms with van der Waals surface area (Å²) in [5.74, 6) is 1.87. The van der Waals surface area contributed by atoms with Crippen molar-refractivity contribution in [1.29, 1.82) is 0 Å². The van der Waals surface area contributed by atoms with Gasteiger partial charge in [-0.3, -0.25) is 0 Å². The average Bonchev–Trinajstić information content (AvgIpc) is 2.48. The van der Waals surface area contributed by atoms with E-state index in [0.717, 1.165) is 17.9 Å². The quantitative estimate of drug-likeness (QED) is 0.682. The molecule has 0 aliphatic heterocycles. The molecule has 1 nitrogen and oxygen atoms in total. The van der Waals surface area contributed by atoms with Crippen LogP contribution in [0.5, 0.6) is 0 Å². The Morgan fingerprint density at radius 3 is 2.58 bits per heavy atom. The smallest absolute Gasteiger partial charge is 0.00699 e. The van der Waals surface area contributed by atoms with Gasteiger partial charge in [0.2, 0.25) is 0 Å². The van der Waals surface area contributed by atoms with E-state index >= 15 is 0 Å². The molecule has 0 heterocycles. The highest BCUT2D eigenvalue weighted by molar-refractivity contribution is 4.81. The Morgan fingerprint density at radius 1 is 1.33 bits per heavy atom. The van der Waals surface area contributed by atoms with Crippen molar-refractivity contribution < 1.29 is 0 Å². The molecule has 1 rings (SSSR count). The number of nitrogens with one attached hydrogen (secondary N) is 1. The lowest BCUT2D eigenvalue weighted by molar-refractivity contribution is 0.382. The molecule has 0 aromatic carbocycles. The van der Waals surface area contributed by atoms with Crippen molar-refractivity contribution in [2.24, 2.45) is 11.8 Å². The lowest BCUT2D eigenvalue weighted by atomic mass is 9.94. The Bertz CT molecular complexity index is 120. The molecular weight excluding hydrogens is 146 g/mol. The Labute approximate surface area is 76.9 Å². The third-order valence-corrected chi connectivity index (χ3v) is 3.10. The van der Waals surface area contributed by atoms with Gasteiger partial charge in [-0.05, 0) is 44.1 Å². The molecule has 0 bridgehead atoms. The van der Waals surface area contributed by atoms with Crippen LogP contribution in [0.2, 0.25) is 0 Å². The monoisotopic (exact) mass is 169 g/mol. The van der Waals surface area contributed by atoms with Crippen LogP contribution in [0.4, 0.5) is 0 Å². The summed E-state index contributed by atoms with van der Waals surface area (Å²) < 4.78 is 0. The summed E-state index contributed by atoms with van der Waals surface area (Å²) in [5, 5.41) is 3.62. The van der Waals surface area contributed by atoms with Gasteiger partial charge in [0.25, 0.3) is 0 Å². The van der Waals surface area contributed by atoms with Crippen LogP contribution in [0.25, 0.3) is 0 Å². The molecular formula is C11H23N. The van der Waals surface area contributed by atoms with Crippen molar-refractivity contribution in [2.45, 2.75) is 52.5 Å². The van der Waals surface area contributed by atoms with Crippen molar-refractivity contribution in [3.05, 3.63) is 0 Å². The summed E-state index contributed by atoms with van der Waals surface area (Å²) >= 11 is 0. The van der Waals surface area contributed by atoms with E-state index in [1.54, 1.807) is 0 Å². The number of hydrogen-bond donors (Lipinski definition) is 1. The Hall–Kier alpha value is -0.0400. The second kappa shape index (κ2) is 4.86. The average molecular weight is 169 g/mol. The minimum absolute atomic E-state index is 0.831. The highest BCUT2D eigenvalue weighted by Crippen LogP contribution is 2.31. The van der Waals surface area contributed by atoms with E-state index in [0.29, 0.717) is 0 Å². The standard InChI is InChI=1S/C11H23N/c1-4-7-12-11-6-5-10(8-11)9(2)3/h9-12H,4-8H2,1-3H3. The Kier molecular flexibility index (Phi) is 4.07. The molecule has 0 aromatic heterocycles. The minimum Gasteiger partial charge on any atom is -0.314 e. The van der Waals surface area contributed by atoms with Crippen LogP contribution in [0.3, 0.4) is 0 Å². The summed E-state index contributed by atoms with van der Waals surface area (Å²) in [6.07, 6.45) is 5.53. The zero-order chi connectivity index (χ0) is 8.97. The van der Waals surface area contributed by atoms with Crippen LogP contribution >= 0.6 is 0 Å². The van der Waals surface area contributed by atoms with Crippen LogP contribution in [0, 0.1) is 11.8 Å². The lowest BCUT2D eigenvalue weighted by Crippen LogP contribution is -2.27. The van der Waals surface area contributed by atoms with Gasteiger partial charge in [0.1, 0.15) is 0 Å². The topological polar surface area (TPSA) is 12.0 Å². The van der Waals surface area contributed by atoms with Gasteiger partial charge in [-0.15, -0.1) is 0 Å². The molecule has 1 aliphatic carbocycles. The van der Waals surface area contributed by atoms with Crippen LogP contribution in [0.15, 0.2) is 0 Å². The van der Waals surface area contributed by atoms with Crippen LogP contribution < -0.4 is 5.32 Å². The molecule has 2 atom stereocenters. The largest absolute Gasteiger partial charge is 0.314 e. The van der Waals surface area contributed by atoms with Gasteiger partial charge in [-0.1, -0.05) is 20.8 Å². The summed E-state index contributed by atoms with van der Waals surface area (Å²) in [4.78, 5) is 0. The number of rotatable bonds is 4. The predicted molar refractivity (Wildman–Crippen MR) is 54.3 cm³/mol. The number of hydrogen-bond acceptors (Lipinski definition) is 1. The van der Waals surface area contributed by atoms with Crippen LogP contribution in [-0.2, 0) is 0 Å². The molecule has 0 amide bonds. The summed E-state index contributed by atoms with van der Waals surface area (Å²) in [7, 11) is 0. The third-order valence-electron chi connectivity index (χ3n) is 3.10. The van der Waals surface area contributed by atoms with Crippen LogP contribution in [0.1, 0.15) is 46.5 Å². The highest BCUT2D eigenvalue weighted by Gasteiger charge is 2.25. The summed E-state index contributed by atoms with van der Waals surface area (Å²) in [6, 6.07) is 0.831. The zero-order valence-electron chi connectivity index (χ0n) is 8.77. The van der Waals surface area contributed by atoms with E-state index < -0.39 is 0 Å². The molecule has 0 saturated heterocycles. The van der Waals surface area contributed by atoms with E-state index in [9.17, 15) is 0 Å². The molecule has 1 fully saturated rings. The molecule has 12 heavy (non-hydrogen) atoms. The summed E-state index contributed by atoms with van der Waals surface area (Å²) in [6.45, 7) is 8.15. The molecule has 1 N–H and O–H groups in total. The van der Waals surface area contributed by atoms with Crippen molar-refractivity contribution in [1.82, 2.24) is 5.32 Å². The second-order valence-electron chi connectivity index (χ2n) is 4.47. The van der Waals surface area contributed by atoms with Gasteiger partial charge in [-0.2, -0.15) is 0 Å². The molecule has 72 valence electrons. The minimum atomic E-state index is 0.831. The molecule has 1 heteroatoms. The van der Waals surface area contributed by atoms with Crippen molar-refractivity contribution in [3.63, 3.8) is 0 Å². The normalized spacial score (nSPS) is 30.0. The first-order chi connectivity index (χ1) is 5.74. The maximum Gasteiger partial charge on any atom is 0.00699 e. The van der Waals surface area contributed by atoms with Gasteiger partial charge in [0.15, 0.2) is 0 Å².